The Balaban J connectivity index is 1.73. The van der Waals surface area contributed by atoms with Gasteiger partial charge in [-0.05, 0) is 58.4 Å². The number of ether oxygens (including phenoxy) is 1. The number of aromatic nitrogens is 2. The molecular weight excluding hydrogens is 304 g/mol. The SMILES string of the molecule is Cc1[nH]ncc1CNCCc1ccc(NC(=O)OC(C)(C)C)cc1. The second-order valence-electron chi connectivity index (χ2n) is 6.77. The van der Waals surface area contributed by atoms with Crippen molar-refractivity contribution in [2.24, 2.45) is 0 Å². The van der Waals surface area contributed by atoms with E-state index in [0.717, 1.165) is 30.9 Å². The molecule has 0 aliphatic carbocycles. The number of nitrogens with one attached hydrogen (secondary N) is 3. The van der Waals surface area contributed by atoms with E-state index in [1.165, 1.54) is 11.1 Å². The molecule has 0 spiro atoms. The third-order valence-electron chi connectivity index (χ3n) is 3.44. The molecule has 2 rings (SSSR count). The number of aromatic amines is 1. The maximum absolute atomic E-state index is 11.7. The minimum Gasteiger partial charge on any atom is -0.444 e. The number of benzene rings is 1. The van der Waals surface area contributed by atoms with Crippen LogP contribution in [0, 0.1) is 6.92 Å². The molecule has 0 saturated heterocycles. The van der Waals surface area contributed by atoms with Crippen LogP contribution in [-0.4, -0.2) is 28.4 Å². The van der Waals surface area contributed by atoms with Crippen LogP contribution < -0.4 is 10.6 Å². The van der Waals surface area contributed by atoms with Crippen LogP contribution in [0.3, 0.4) is 0 Å². The van der Waals surface area contributed by atoms with E-state index >= 15 is 0 Å². The Labute approximate surface area is 143 Å². The van der Waals surface area contributed by atoms with Crippen molar-refractivity contribution < 1.29 is 9.53 Å². The van der Waals surface area contributed by atoms with Gasteiger partial charge in [-0.2, -0.15) is 5.10 Å². The van der Waals surface area contributed by atoms with E-state index in [4.69, 9.17) is 4.74 Å². The quantitative estimate of drug-likeness (QED) is 0.709. The highest BCUT2D eigenvalue weighted by Gasteiger charge is 2.15. The van der Waals surface area contributed by atoms with Crippen molar-refractivity contribution >= 4 is 11.8 Å². The predicted octanol–water partition coefficient (Wildman–Crippen LogP) is 3.40. The Kier molecular flexibility index (Phi) is 5.98. The molecule has 1 amide bonds. The first-order valence-electron chi connectivity index (χ1n) is 8.12. The van der Waals surface area contributed by atoms with Crippen LogP contribution in [-0.2, 0) is 17.7 Å². The standard InChI is InChI=1S/C18H26N4O2/c1-13-15(12-20-22-13)11-19-10-9-14-5-7-16(8-6-14)21-17(23)24-18(2,3)4/h5-8,12,19H,9-11H2,1-4H3,(H,20,22)(H,21,23). The van der Waals surface area contributed by atoms with E-state index in [9.17, 15) is 4.79 Å². The Morgan fingerprint density at radius 3 is 2.54 bits per heavy atom. The molecule has 3 N–H and O–H groups in total. The van der Waals surface area contributed by atoms with E-state index < -0.39 is 11.7 Å². The zero-order valence-corrected chi connectivity index (χ0v) is 14.8. The highest BCUT2D eigenvalue weighted by Crippen LogP contribution is 2.13. The van der Waals surface area contributed by atoms with Gasteiger partial charge in [0, 0.05) is 23.5 Å². The number of rotatable bonds is 6. The van der Waals surface area contributed by atoms with Crippen LogP contribution in [0.1, 0.15) is 37.6 Å². The van der Waals surface area contributed by atoms with E-state index in [2.05, 4.69) is 20.8 Å². The fourth-order valence-electron chi connectivity index (χ4n) is 2.19. The highest BCUT2D eigenvalue weighted by atomic mass is 16.6. The minimum atomic E-state index is -0.497. The lowest BCUT2D eigenvalue weighted by Gasteiger charge is -2.19. The molecule has 6 heteroatoms. The maximum Gasteiger partial charge on any atom is 0.412 e. The van der Waals surface area contributed by atoms with Gasteiger partial charge in [0.05, 0.1) is 6.20 Å². The molecule has 24 heavy (non-hydrogen) atoms. The van der Waals surface area contributed by atoms with Crippen LogP contribution >= 0.6 is 0 Å². The van der Waals surface area contributed by atoms with Crippen LogP contribution in [0.4, 0.5) is 10.5 Å². The Morgan fingerprint density at radius 2 is 1.96 bits per heavy atom. The van der Waals surface area contributed by atoms with Gasteiger partial charge in [-0.1, -0.05) is 12.1 Å². The predicted molar refractivity (Wildman–Crippen MR) is 95.0 cm³/mol. The number of hydrogen-bond acceptors (Lipinski definition) is 4. The van der Waals surface area contributed by atoms with Gasteiger partial charge < -0.3 is 10.1 Å². The van der Waals surface area contributed by atoms with Crippen molar-refractivity contribution in [3.63, 3.8) is 0 Å². The Morgan fingerprint density at radius 1 is 1.25 bits per heavy atom. The van der Waals surface area contributed by atoms with Gasteiger partial charge in [0.1, 0.15) is 5.60 Å². The van der Waals surface area contributed by atoms with Crippen LogP contribution in [0.2, 0.25) is 0 Å². The fraction of sp³-hybridized carbons (Fsp3) is 0.444. The minimum absolute atomic E-state index is 0.438. The van der Waals surface area contributed by atoms with Gasteiger partial charge in [0.25, 0.3) is 0 Å². The summed E-state index contributed by atoms with van der Waals surface area (Å²) in [5, 5.41) is 13.1. The van der Waals surface area contributed by atoms with Crippen molar-refractivity contribution in [1.29, 1.82) is 0 Å². The zero-order chi connectivity index (χ0) is 17.6. The summed E-state index contributed by atoms with van der Waals surface area (Å²) < 4.78 is 5.23. The normalized spacial score (nSPS) is 11.3. The Hall–Kier alpha value is -2.34. The van der Waals surface area contributed by atoms with Gasteiger partial charge in [-0.15, -0.1) is 0 Å². The van der Waals surface area contributed by atoms with Crippen molar-refractivity contribution in [3.05, 3.63) is 47.3 Å². The lowest BCUT2D eigenvalue weighted by molar-refractivity contribution is 0.0636. The number of H-pyrrole nitrogens is 1. The number of nitrogens with zero attached hydrogens (tertiary/aromatic N) is 1. The van der Waals surface area contributed by atoms with E-state index in [1.54, 1.807) is 0 Å². The van der Waals surface area contributed by atoms with E-state index in [-0.39, 0.29) is 0 Å². The van der Waals surface area contributed by atoms with Crippen LogP contribution in [0.25, 0.3) is 0 Å². The number of carbonyl (C=O) groups is 1. The van der Waals surface area contributed by atoms with Crippen molar-refractivity contribution in [1.82, 2.24) is 15.5 Å². The molecule has 0 unspecified atom stereocenters. The maximum atomic E-state index is 11.7. The van der Waals surface area contributed by atoms with Crippen molar-refractivity contribution in [2.45, 2.75) is 46.3 Å². The fourth-order valence-corrected chi connectivity index (χ4v) is 2.19. The van der Waals surface area contributed by atoms with Gasteiger partial charge in [0.2, 0.25) is 0 Å². The lowest BCUT2D eigenvalue weighted by Crippen LogP contribution is -2.27. The summed E-state index contributed by atoms with van der Waals surface area (Å²) >= 11 is 0. The second-order valence-corrected chi connectivity index (χ2v) is 6.77. The topological polar surface area (TPSA) is 79.0 Å². The summed E-state index contributed by atoms with van der Waals surface area (Å²) in [6.07, 6.45) is 2.33. The zero-order valence-electron chi connectivity index (χ0n) is 14.8. The molecule has 0 aliphatic heterocycles. The number of carbonyl (C=O) groups excluding carboxylic acids is 1. The number of anilines is 1. The molecule has 130 valence electrons. The summed E-state index contributed by atoms with van der Waals surface area (Å²) in [6, 6.07) is 7.80. The average Bonchev–Trinajstić information content (AvgIpc) is 2.89. The molecule has 2 aromatic rings. The first kappa shape index (κ1) is 18.0. The first-order chi connectivity index (χ1) is 11.3. The average molecular weight is 330 g/mol. The van der Waals surface area contributed by atoms with E-state index in [0.29, 0.717) is 0 Å². The highest BCUT2D eigenvalue weighted by molar-refractivity contribution is 5.84. The molecule has 0 saturated carbocycles. The monoisotopic (exact) mass is 330 g/mol. The molecule has 0 aliphatic rings. The summed E-state index contributed by atoms with van der Waals surface area (Å²) in [5.74, 6) is 0. The second kappa shape index (κ2) is 7.97. The van der Waals surface area contributed by atoms with Gasteiger partial charge in [-0.25, -0.2) is 4.79 Å². The lowest BCUT2D eigenvalue weighted by atomic mass is 10.1. The van der Waals surface area contributed by atoms with Crippen molar-refractivity contribution in [3.8, 4) is 0 Å². The van der Waals surface area contributed by atoms with E-state index in [1.807, 2.05) is 58.2 Å². The number of hydrogen-bond donors (Lipinski definition) is 3. The van der Waals surface area contributed by atoms with Gasteiger partial charge in [0.15, 0.2) is 0 Å². The molecule has 1 aromatic carbocycles. The summed E-state index contributed by atoms with van der Waals surface area (Å²) in [4.78, 5) is 11.7. The van der Waals surface area contributed by atoms with Gasteiger partial charge in [-0.3, -0.25) is 10.4 Å². The number of aryl methyl sites for hydroxylation is 1. The first-order valence-corrected chi connectivity index (χ1v) is 8.12. The number of amides is 1. The molecule has 0 radical (unpaired) electrons. The smallest absolute Gasteiger partial charge is 0.412 e. The third kappa shape index (κ3) is 6.04. The summed E-state index contributed by atoms with van der Waals surface area (Å²) in [5.41, 5.74) is 3.73. The molecular formula is C18H26N4O2. The summed E-state index contributed by atoms with van der Waals surface area (Å²) in [6.45, 7) is 9.22. The van der Waals surface area contributed by atoms with Crippen molar-refractivity contribution in [2.75, 3.05) is 11.9 Å². The Bertz CT molecular complexity index is 656. The summed E-state index contributed by atoms with van der Waals surface area (Å²) in [7, 11) is 0. The molecule has 1 aromatic heterocycles. The molecule has 0 atom stereocenters. The van der Waals surface area contributed by atoms with Crippen LogP contribution in [0.5, 0.6) is 0 Å². The molecule has 1 heterocycles. The molecule has 0 bridgehead atoms. The largest absolute Gasteiger partial charge is 0.444 e. The molecule has 6 nitrogen and oxygen atoms in total. The van der Waals surface area contributed by atoms with Crippen LogP contribution in [0.15, 0.2) is 30.5 Å². The third-order valence-corrected chi connectivity index (χ3v) is 3.44. The van der Waals surface area contributed by atoms with Gasteiger partial charge >= 0.3 is 6.09 Å². The molecule has 0 fully saturated rings.